The van der Waals surface area contributed by atoms with Crippen molar-refractivity contribution >= 4 is 31.7 Å². The molecule has 0 amide bonds. The van der Waals surface area contributed by atoms with Crippen LogP contribution in [-0.2, 0) is 30.3 Å². The molecule has 5 nitrogen and oxygen atoms in total. The van der Waals surface area contributed by atoms with Crippen LogP contribution in [0.25, 0.3) is 0 Å². The average molecular weight is 390 g/mol. The molecule has 0 N–H and O–H groups in total. The van der Waals surface area contributed by atoms with Gasteiger partial charge in [0.2, 0.25) is 4.75 Å². The lowest BCUT2D eigenvalue weighted by molar-refractivity contribution is -0.145. The van der Waals surface area contributed by atoms with Gasteiger partial charge in [0.15, 0.2) is 9.84 Å². The second kappa shape index (κ2) is 5.56. The smallest absolute Gasteiger partial charge is 0.418 e. The Bertz CT molecular complexity index is 675. The molecule has 1 heterocycles. The average Bonchev–Trinajstić information content (AvgIpc) is 2.34. The lowest BCUT2D eigenvalue weighted by Gasteiger charge is -2.26. The summed E-state index contributed by atoms with van der Waals surface area (Å²) in [4.78, 5) is 15.3. The molecule has 0 aliphatic heterocycles. The molecule has 0 aliphatic carbocycles. The van der Waals surface area contributed by atoms with E-state index in [0.717, 1.165) is 20.2 Å². The van der Waals surface area contributed by atoms with E-state index in [1.165, 1.54) is 0 Å². The number of hydrogen-bond acceptors (Lipinski definition) is 5. The summed E-state index contributed by atoms with van der Waals surface area (Å²) in [6.45, 7) is 0.833. The van der Waals surface area contributed by atoms with E-state index in [4.69, 9.17) is 0 Å². The SMILES string of the molecule is COC(=O)C(C)(c1ncc(Br)cc1C(F)(F)F)S(C)(=O)=O. The van der Waals surface area contributed by atoms with Gasteiger partial charge < -0.3 is 4.74 Å². The van der Waals surface area contributed by atoms with Gasteiger partial charge in [-0.25, -0.2) is 13.2 Å². The molecule has 10 heteroatoms. The Morgan fingerprint density at radius 2 is 1.90 bits per heavy atom. The number of alkyl halides is 3. The molecule has 1 aromatic heterocycles. The minimum atomic E-state index is -4.88. The third-order valence-electron chi connectivity index (χ3n) is 2.93. The summed E-state index contributed by atoms with van der Waals surface area (Å²) in [5.74, 6) is -1.34. The van der Waals surface area contributed by atoms with Crippen LogP contribution >= 0.6 is 15.9 Å². The zero-order valence-corrected chi connectivity index (χ0v) is 13.6. The van der Waals surface area contributed by atoms with Crippen molar-refractivity contribution in [3.05, 3.63) is 28.0 Å². The molecule has 0 bridgehead atoms. The normalized spacial score (nSPS) is 15.4. The number of halogens is 4. The summed E-state index contributed by atoms with van der Waals surface area (Å²) in [7, 11) is -3.39. The summed E-state index contributed by atoms with van der Waals surface area (Å²) in [5, 5.41) is 0. The van der Waals surface area contributed by atoms with Crippen LogP contribution in [0.2, 0.25) is 0 Å². The van der Waals surface area contributed by atoms with E-state index in [9.17, 15) is 26.4 Å². The van der Waals surface area contributed by atoms with Gasteiger partial charge in [0.25, 0.3) is 0 Å². The summed E-state index contributed by atoms with van der Waals surface area (Å²) in [6, 6.07) is 0.661. The molecule has 1 atom stereocenters. The van der Waals surface area contributed by atoms with Crippen molar-refractivity contribution in [3.63, 3.8) is 0 Å². The number of nitrogens with zero attached hydrogens (tertiary/aromatic N) is 1. The van der Waals surface area contributed by atoms with E-state index in [0.29, 0.717) is 12.3 Å². The summed E-state index contributed by atoms with van der Waals surface area (Å²) in [5.41, 5.74) is -2.25. The Labute approximate surface area is 127 Å². The number of methoxy groups -OCH3 is 1. The van der Waals surface area contributed by atoms with Crippen LogP contribution in [0.4, 0.5) is 13.2 Å². The molecule has 0 saturated heterocycles. The van der Waals surface area contributed by atoms with Gasteiger partial charge in [0, 0.05) is 16.9 Å². The minimum Gasteiger partial charge on any atom is -0.468 e. The van der Waals surface area contributed by atoms with Crippen molar-refractivity contribution in [3.8, 4) is 0 Å². The van der Waals surface area contributed by atoms with Crippen LogP contribution in [0, 0.1) is 0 Å². The third kappa shape index (κ3) is 3.20. The first kappa shape index (κ1) is 17.9. The molecule has 1 rings (SSSR count). The number of carbonyl (C=O) groups is 1. The molecule has 21 heavy (non-hydrogen) atoms. The quantitative estimate of drug-likeness (QED) is 0.741. The van der Waals surface area contributed by atoms with E-state index >= 15 is 0 Å². The van der Waals surface area contributed by atoms with Crippen molar-refractivity contribution in [1.82, 2.24) is 4.98 Å². The summed E-state index contributed by atoms with van der Waals surface area (Å²) >= 11 is 2.83. The van der Waals surface area contributed by atoms with Crippen LogP contribution in [0.3, 0.4) is 0 Å². The van der Waals surface area contributed by atoms with Crippen molar-refractivity contribution < 1.29 is 31.1 Å². The predicted octanol–water partition coefficient (Wildman–Crippen LogP) is 2.30. The van der Waals surface area contributed by atoms with Crippen LogP contribution in [0.5, 0.6) is 0 Å². The number of esters is 1. The Hall–Kier alpha value is -1.16. The second-order valence-electron chi connectivity index (χ2n) is 4.34. The highest BCUT2D eigenvalue weighted by atomic mass is 79.9. The van der Waals surface area contributed by atoms with Crippen LogP contribution in [-0.4, -0.2) is 32.7 Å². The maximum atomic E-state index is 13.1. The van der Waals surface area contributed by atoms with E-state index in [2.05, 4.69) is 25.7 Å². The Morgan fingerprint density at radius 1 is 1.38 bits per heavy atom. The molecule has 0 aromatic carbocycles. The fourth-order valence-corrected chi connectivity index (χ4v) is 2.89. The molecule has 0 spiro atoms. The Balaban J connectivity index is 3.82. The van der Waals surface area contributed by atoms with Crippen LogP contribution in [0.15, 0.2) is 16.7 Å². The van der Waals surface area contributed by atoms with Crippen molar-refractivity contribution in [1.29, 1.82) is 0 Å². The van der Waals surface area contributed by atoms with E-state index in [1.807, 2.05) is 0 Å². The van der Waals surface area contributed by atoms with Gasteiger partial charge in [-0.1, -0.05) is 0 Å². The molecule has 0 aliphatic rings. The minimum absolute atomic E-state index is 0.000656. The van der Waals surface area contributed by atoms with E-state index < -0.39 is 38.0 Å². The van der Waals surface area contributed by atoms with Crippen molar-refractivity contribution in [2.24, 2.45) is 0 Å². The Morgan fingerprint density at radius 3 is 2.29 bits per heavy atom. The fourth-order valence-electron chi connectivity index (χ4n) is 1.65. The predicted molar refractivity (Wildman–Crippen MR) is 71.2 cm³/mol. The standard InChI is InChI=1S/C11H11BrF3NO4S/c1-10(9(17)20-2,21(3,18)19)8-7(11(13,14)15)4-6(12)5-16-8/h4-5H,1-3H3. The first-order valence-corrected chi connectivity index (χ1v) is 8.05. The number of aromatic nitrogens is 1. The molecular weight excluding hydrogens is 379 g/mol. The maximum Gasteiger partial charge on any atom is 0.418 e. The second-order valence-corrected chi connectivity index (χ2v) is 7.62. The highest BCUT2D eigenvalue weighted by Gasteiger charge is 2.52. The maximum absolute atomic E-state index is 13.1. The number of sulfone groups is 1. The van der Waals surface area contributed by atoms with Gasteiger partial charge in [-0.3, -0.25) is 4.98 Å². The van der Waals surface area contributed by atoms with E-state index in [-0.39, 0.29) is 4.47 Å². The van der Waals surface area contributed by atoms with E-state index in [1.54, 1.807) is 0 Å². The first-order chi connectivity index (χ1) is 9.35. The number of hydrogen-bond donors (Lipinski definition) is 0. The number of pyridine rings is 1. The molecule has 0 saturated carbocycles. The number of ether oxygens (including phenoxy) is 1. The monoisotopic (exact) mass is 389 g/mol. The van der Waals surface area contributed by atoms with Gasteiger partial charge >= 0.3 is 12.1 Å². The molecule has 118 valence electrons. The zero-order chi connectivity index (χ0) is 16.6. The zero-order valence-electron chi connectivity index (χ0n) is 11.2. The lowest BCUT2D eigenvalue weighted by atomic mass is 10.0. The highest BCUT2D eigenvalue weighted by molar-refractivity contribution is 9.10. The fraction of sp³-hybridized carbons (Fsp3) is 0.455. The number of carbonyl (C=O) groups excluding carboxylic acids is 1. The van der Waals surface area contributed by atoms with Crippen LogP contribution in [0.1, 0.15) is 18.2 Å². The molecule has 0 radical (unpaired) electrons. The summed E-state index contributed by atoms with van der Waals surface area (Å²) < 4.78 is 64.9. The van der Waals surface area contributed by atoms with Gasteiger partial charge in [0.1, 0.15) is 0 Å². The van der Waals surface area contributed by atoms with Gasteiger partial charge in [-0.2, -0.15) is 13.2 Å². The summed E-state index contributed by atoms with van der Waals surface area (Å²) in [6.07, 6.45) is -3.25. The Kier molecular flexibility index (Phi) is 4.74. The molecule has 1 aromatic rings. The molecule has 1 unspecified atom stereocenters. The van der Waals surface area contributed by atoms with Gasteiger partial charge in [0.05, 0.1) is 18.4 Å². The molecule has 0 fully saturated rings. The highest BCUT2D eigenvalue weighted by Crippen LogP contribution is 2.40. The lowest BCUT2D eigenvalue weighted by Crippen LogP contribution is -2.43. The van der Waals surface area contributed by atoms with Crippen LogP contribution < -0.4 is 0 Å². The largest absolute Gasteiger partial charge is 0.468 e. The third-order valence-corrected chi connectivity index (χ3v) is 5.20. The first-order valence-electron chi connectivity index (χ1n) is 5.37. The van der Waals surface area contributed by atoms with Gasteiger partial charge in [-0.05, 0) is 28.9 Å². The van der Waals surface area contributed by atoms with Crippen molar-refractivity contribution in [2.45, 2.75) is 17.8 Å². The topological polar surface area (TPSA) is 73.3 Å². The molecular formula is C11H11BrF3NO4S. The van der Waals surface area contributed by atoms with Gasteiger partial charge in [-0.15, -0.1) is 0 Å². The van der Waals surface area contributed by atoms with Crippen molar-refractivity contribution in [2.75, 3.05) is 13.4 Å². The number of rotatable bonds is 3.